The molecule has 0 spiro atoms. The molecule has 0 aliphatic carbocycles. The lowest BCUT2D eigenvalue weighted by atomic mass is 9.53. The van der Waals surface area contributed by atoms with Crippen LogP contribution in [-0.4, -0.2) is 267 Å². The van der Waals surface area contributed by atoms with Crippen molar-refractivity contribution in [2.75, 3.05) is 0 Å². The number of benzene rings is 12. The van der Waals surface area contributed by atoms with Crippen LogP contribution in [0.3, 0.4) is 0 Å². The maximum atomic E-state index is 7.56. The van der Waals surface area contributed by atoms with Crippen molar-refractivity contribution in [1.29, 1.82) is 0 Å². The third-order valence-electron chi connectivity index (χ3n) is 18.1. The largest absolute Gasteiger partial charge is 0.115 e. The summed E-state index contributed by atoms with van der Waals surface area (Å²) in [6.07, 6.45) is 0. The van der Waals surface area contributed by atoms with Crippen LogP contribution in [0.1, 0.15) is 0 Å². The highest BCUT2D eigenvalue weighted by Gasteiger charge is 2.33. The lowest BCUT2D eigenvalue weighted by Gasteiger charge is -2.35. The first-order chi connectivity index (χ1) is 42.0. The molecule has 12 rings (SSSR count). The Balaban J connectivity index is 1.28. The monoisotopic (exact) mass is 1050 g/mol. The quantitative estimate of drug-likeness (QED) is 0.119. The number of hydrogen-bond acceptors (Lipinski definition) is 0. The Hall–Kier alpha value is -5.07. The van der Waals surface area contributed by atoms with Gasteiger partial charge in [0.25, 0.3) is 0 Å². The Kier molecular flexibility index (Phi) is 15.7. The summed E-state index contributed by atoms with van der Waals surface area (Å²) in [5, 5.41) is 1.93. The number of hydrogen-bond donors (Lipinski definition) is 0. The van der Waals surface area contributed by atoms with Crippen molar-refractivity contribution in [3.05, 3.63) is 0 Å². The predicted molar refractivity (Wildman–Crippen MR) is 424 cm³/mol. The van der Waals surface area contributed by atoms with Crippen molar-refractivity contribution in [2.45, 2.75) is 0 Å². The molecule has 0 nitrogen and oxygen atoms in total. The van der Waals surface area contributed by atoms with E-state index in [9.17, 15) is 0 Å². The molecule has 0 unspecified atom stereocenters. The molecule has 0 fully saturated rings. The first-order valence-corrected chi connectivity index (χ1v) is 26.6. The molecule has 0 amide bonds. The fraction of sp³-hybridized carbons (Fsp3) is 0. The van der Waals surface area contributed by atoms with Gasteiger partial charge in [-0.1, -0.05) is 147 Å². The summed E-state index contributed by atoms with van der Waals surface area (Å²) >= 11 is 0. The van der Waals surface area contributed by atoms with Gasteiger partial charge in [-0.3, -0.25) is 0 Å². The molecule has 12 aromatic carbocycles. The fourth-order valence-electron chi connectivity index (χ4n) is 13.5. The van der Waals surface area contributed by atoms with Gasteiger partial charge in [0.05, 0.1) is 0 Å². The maximum Gasteiger partial charge on any atom is 0.115 e. The van der Waals surface area contributed by atoms with Gasteiger partial charge in [-0.25, -0.2) is 0 Å². The Labute approximate surface area is 568 Å². The Bertz CT molecular complexity index is 5080. The van der Waals surface area contributed by atoms with Crippen molar-refractivity contribution in [1.82, 2.24) is 0 Å². The normalized spacial score (nSPS) is 12.0. The lowest BCUT2D eigenvalue weighted by Crippen LogP contribution is -2.56. The first-order valence-electron chi connectivity index (χ1n) is 26.6. The molecule has 68 radical (unpaired) electrons. The predicted octanol–water partition coefficient (Wildman–Crippen LogP) is -25.2. The molecule has 0 atom stereocenters. The van der Waals surface area contributed by atoms with Gasteiger partial charge in [0.2, 0.25) is 0 Å². The third kappa shape index (κ3) is 8.05. The van der Waals surface area contributed by atoms with E-state index in [4.69, 9.17) is 267 Å². The molecule has 34 heteroatoms. The van der Waals surface area contributed by atoms with Gasteiger partial charge in [-0.15, -0.1) is 38.2 Å². The van der Waals surface area contributed by atoms with Gasteiger partial charge in [0, 0.05) is 0 Å². The molecule has 0 bridgehead atoms. The maximum absolute atomic E-state index is 7.56. The molecule has 0 saturated carbocycles. The van der Waals surface area contributed by atoms with Crippen LogP contribution in [0, 0.1) is 0 Å². The van der Waals surface area contributed by atoms with Gasteiger partial charge in [-0.2, -0.15) is 0 Å². The van der Waals surface area contributed by atoms with Crippen molar-refractivity contribution in [3.8, 4) is 55.6 Å². The van der Waals surface area contributed by atoms with Gasteiger partial charge in [-0.05, 0) is 120 Å². The lowest BCUT2D eigenvalue weighted by molar-refractivity contribution is 1.76. The van der Waals surface area contributed by atoms with Gasteiger partial charge in [0.15, 0.2) is 0 Å². The van der Waals surface area contributed by atoms with E-state index >= 15 is 0 Å². The SMILES string of the molecule is [B]c1c([B])c([B])c(-c2c([B])c(-c3c([B])c([B])c([B])c(-c4c([B])c([B])c5c([B])c([B])c6c([B])c([B])c([B])c7c([B])c([B])c4c5c67)c3[B])c([B])c(-c3c([B])c([B])c([B])c(-c4c([B])c([B])c5c([B])c([B])c6c([B])c([B])c([B])c7c([B])c([B])c4c5c67)c3[B])c2[B])c([B])c1[B]. The van der Waals surface area contributed by atoms with Gasteiger partial charge >= 0.3 is 0 Å². The van der Waals surface area contributed by atoms with Crippen LogP contribution in [0.5, 0.6) is 0 Å². The van der Waals surface area contributed by atoms with Crippen LogP contribution < -0.4 is 186 Å². The highest BCUT2D eigenvalue weighted by atomic mass is 14.3. The van der Waals surface area contributed by atoms with Crippen molar-refractivity contribution in [2.24, 2.45) is 0 Å². The van der Waals surface area contributed by atoms with E-state index < -0.39 is 5.46 Å². The highest BCUT2D eigenvalue weighted by molar-refractivity contribution is 6.80. The molecule has 0 aliphatic heterocycles. The molecule has 326 valence electrons. The molecule has 0 aliphatic rings. The zero-order chi connectivity index (χ0) is 66.3. The second kappa shape index (κ2) is 21.7. The zero-order valence-corrected chi connectivity index (χ0v) is 47.6. The van der Waals surface area contributed by atoms with Crippen LogP contribution in [-0.2, 0) is 0 Å². The van der Waals surface area contributed by atoms with Crippen LogP contribution in [0.25, 0.3) is 120 Å². The molecule has 0 aromatic heterocycles. The van der Waals surface area contributed by atoms with E-state index in [0.717, 1.165) is 0 Å². The molecule has 0 heterocycles. The van der Waals surface area contributed by atoms with Gasteiger partial charge < -0.3 is 0 Å². The van der Waals surface area contributed by atoms with E-state index in [0.29, 0.717) is 0 Å². The standard InChI is InChI=1S/C56B34/c57-23-15(7-5-1-3-11(34(68)28(5)62)40(74)50(84)42(76)13(3)38(72)36(70)9(1)32(66)30(7)64)44(78)52(86)46(80)20(23)17-25(59)18(27(61)19(26(17)60)22-48(82)54(88)56(90)55(89)49(22)83)21-24(58)16(45(79)53(87)47(21)81)8-6-2-4-12(35(69)29(6)63)41(75)51(85)43(77)14(4)39(73)37(71)10(2)33(67)31(8)65. The summed E-state index contributed by atoms with van der Waals surface area (Å²) in [5.41, 5.74) is -8.65. The van der Waals surface area contributed by atoms with Crippen LogP contribution in [0.15, 0.2) is 0 Å². The minimum absolute atomic E-state index is 0.0301. The molecule has 90 heavy (non-hydrogen) atoms. The molecular weight excluding hydrogens is 1040 g/mol. The summed E-state index contributed by atoms with van der Waals surface area (Å²) in [6.45, 7) is 0. The Morgan fingerprint density at radius 1 is 0.0667 bits per heavy atom. The van der Waals surface area contributed by atoms with E-state index in [1.807, 2.05) is 0 Å². The minimum Gasteiger partial charge on any atom is -0.112 e. The topological polar surface area (TPSA) is 0 Å². The van der Waals surface area contributed by atoms with Crippen molar-refractivity contribution < 1.29 is 0 Å². The Morgan fingerprint density at radius 2 is 0.167 bits per heavy atom. The second-order valence-electron chi connectivity index (χ2n) is 22.3. The molecule has 12 aromatic rings. The summed E-state index contributed by atoms with van der Waals surface area (Å²) in [5.74, 6) is 0. The van der Waals surface area contributed by atoms with E-state index in [-0.39, 0.29) is 301 Å². The molecule has 0 N–H and O–H groups in total. The van der Waals surface area contributed by atoms with Crippen LogP contribution in [0.2, 0.25) is 0 Å². The van der Waals surface area contributed by atoms with Crippen LogP contribution in [0.4, 0.5) is 0 Å². The smallest absolute Gasteiger partial charge is 0.112 e. The molecule has 0 saturated heterocycles. The van der Waals surface area contributed by atoms with Crippen molar-refractivity contribution >= 4 is 517 Å². The summed E-state index contributed by atoms with van der Waals surface area (Å²) in [7, 11) is 236. The zero-order valence-electron chi connectivity index (χ0n) is 47.6. The van der Waals surface area contributed by atoms with E-state index in [1.165, 1.54) is 0 Å². The summed E-state index contributed by atoms with van der Waals surface area (Å²) < 4.78 is 0. The fourth-order valence-corrected chi connectivity index (χ4v) is 13.5. The average Bonchev–Trinajstić information content (AvgIpc) is 0.694. The van der Waals surface area contributed by atoms with E-state index in [1.54, 1.807) is 0 Å². The summed E-state index contributed by atoms with van der Waals surface area (Å²) in [6, 6.07) is 0. The summed E-state index contributed by atoms with van der Waals surface area (Å²) in [4.78, 5) is 0. The Morgan fingerprint density at radius 3 is 0.389 bits per heavy atom. The average molecular weight is 1040 g/mol. The van der Waals surface area contributed by atoms with E-state index in [2.05, 4.69) is 0 Å². The third-order valence-corrected chi connectivity index (χ3v) is 18.1. The van der Waals surface area contributed by atoms with Gasteiger partial charge in [0.1, 0.15) is 267 Å². The molecular formula is C56B34. The highest BCUT2D eigenvalue weighted by Crippen LogP contribution is 2.36. The second-order valence-corrected chi connectivity index (χ2v) is 22.3. The van der Waals surface area contributed by atoms with Crippen LogP contribution >= 0.6 is 0 Å². The minimum atomic E-state index is -0.402. The first kappa shape index (κ1) is 65.0. The van der Waals surface area contributed by atoms with Crippen molar-refractivity contribution in [3.63, 3.8) is 0 Å². The number of rotatable bonds is 5.